The Labute approximate surface area is 115 Å². The van der Waals surface area contributed by atoms with Gasteiger partial charge in [0.1, 0.15) is 5.69 Å². The van der Waals surface area contributed by atoms with Crippen LogP contribution in [-0.4, -0.2) is 27.2 Å². The van der Waals surface area contributed by atoms with Crippen LogP contribution in [0.5, 0.6) is 0 Å². The van der Waals surface area contributed by atoms with Gasteiger partial charge in [-0.3, -0.25) is 9.59 Å². The standard InChI is InChI=1S/C14H14N4O2/c1-9(20)15-11-3-2-4-12(7-11)18-14(10-5-6-10)13(8-19)16-17-18/h2-4,7-8,10H,5-6H2,1H3,(H,15,20). The number of rotatable bonds is 4. The lowest BCUT2D eigenvalue weighted by molar-refractivity contribution is -0.114. The Morgan fingerprint density at radius 1 is 1.45 bits per heavy atom. The molecule has 0 radical (unpaired) electrons. The molecule has 0 bridgehead atoms. The first-order valence-corrected chi connectivity index (χ1v) is 6.48. The number of aldehydes is 1. The van der Waals surface area contributed by atoms with Gasteiger partial charge in [0.05, 0.1) is 11.4 Å². The second kappa shape index (κ2) is 4.88. The van der Waals surface area contributed by atoms with Gasteiger partial charge in [0, 0.05) is 18.5 Å². The second-order valence-electron chi connectivity index (χ2n) is 4.90. The number of aromatic nitrogens is 3. The molecule has 102 valence electrons. The Balaban J connectivity index is 2.02. The third-order valence-electron chi connectivity index (χ3n) is 3.22. The number of amides is 1. The first-order valence-electron chi connectivity index (χ1n) is 6.48. The summed E-state index contributed by atoms with van der Waals surface area (Å²) in [7, 11) is 0. The third kappa shape index (κ3) is 2.32. The van der Waals surface area contributed by atoms with Crippen LogP contribution in [0.4, 0.5) is 5.69 Å². The van der Waals surface area contributed by atoms with Crippen molar-refractivity contribution >= 4 is 17.9 Å². The van der Waals surface area contributed by atoms with Gasteiger partial charge < -0.3 is 5.32 Å². The average molecular weight is 270 g/mol. The Hall–Kier alpha value is -2.50. The van der Waals surface area contributed by atoms with Crippen LogP contribution in [0.2, 0.25) is 0 Å². The van der Waals surface area contributed by atoms with Gasteiger partial charge in [-0.15, -0.1) is 5.10 Å². The van der Waals surface area contributed by atoms with Gasteiger partial charge in [-0.25, -0.2) is 4.68 Å². The summed E-state index contributed by atoms with van der Waals surface area (Å²) in [5, 5.41) is 10.7. The summed E-state index contributed by atoms with van der Waals surface area (Å²) in [6, 6.07) is 7.33. The molecule has 1 heterocycles. The summed E-state index contributed by atoms with van der Waals surface area (Å²) in [5.74, 6) is 0.228. The average Bonchev–Trinajstić information content (AvgIpc) is 3.17. The highest BCUT2D eigenvalue weighted by Crippen LogP contribution is 2.41. The normalized spacial score (nSPS) is 14.1. The van der Waals surface area contributed by atoms with E-state index in [0.717, 1.165) is 30.5 Å². The molecule has 0 unspecified atom stereocenters. The minimum Gasteiger partial charge on any atom is -0.326 e. The van der Waals surface area contributed by atoms with Crippen molar-refractivity contribution in [3.05, 3.63) is 35.7 Å². The maximum Gasteiger partial charge on any atom is 0.221 e. The highest BCUT2D eigenvalue weighted by molar-refractivity contribution is 5.88. The van der Waals surface area contributed by atoms with Crippen molar-refractivity contribution in [2.75, 3.05) is 5.32 Å². The van der Waals surface area contributed by atoms with Crippen molar-refractivity contribution in [3.8, 4) is 5.69 Å². The topological polar surface area (TPSA) is 76.9 Å². The maximum atomic E-state index is 11.1. The number of nitrogens with zero attached hydrogens (tertiary/aromatic N) is 3. The molecule has 0 spiro atoms. The smallest absolute Gasteiger partial charge is 0.221 e. The monoisotopic (exact) mass is 270 g/mol. The highest BCUT2D eigenvalue weighted by Gasteiger charge is 2.31. The molecule has 1 aliphatic carbocycles. The van der Waals surface area contributed by atoms with E-state index in [9.17, 15) is 9.59 Å². The minimum atomic E-state index is -0.128. The van der Waals surface area contributed by atoms with Gasteiger partial charge in [0.25, 0.3) is 0 Å². The number of carbonyl (C=O) groups is 2. The lowest BCUT2D eigenvalue weighted by atomic mass is 10.2. The van der Waals surface area contributed by atoms with Crippen LogP contribution in [0.15, 0.2) is 24.3 Å². The molecule has 1 amide bonds. The van der Waals surface area contributed by atoms with E-state index in [1.807, 2.05) is 18.2 Å². The quantitative estimate of drug-likeness (QED) is 0.861. The highest BCUT2D eigenvalue weighted by atomic mass is 16.1. The van der Waals surface area contributed by atoms with Crippen LogP contribution in [0.25, 0.3) is 5.69 Å². The molecular weight excluding hydrogens is 256 g/mol. The predicted octanol–water partition coefficient (Wildman–Crippen LogP) is 1.92. The van der Waals surface area contributed by atoms with Gasteiger partial charge in [0.15, 0.2) is 6.29 Å². The van der Waals surface area contributed by atoms with Crippen LogP contribution in [0.3, 0.4) is 0 Å². The van der Waals surface area contributed by atoms with Gasteiger partial charge in [-0.1, -0.05) is 11.3 Å². The molecule has 6 nitrogen and oxygen atoms in total. The van der Waals surface area contributed by atoms with Crippen molar-refractivity contribution < 1.29 is 9.59 Å². The summed E-state index contributed by atoms with van der Waals surface area (Å²) < 4.78 is 1.69. The third-order valence-corrected chi connectivity index (χ3v) is 3.22. The second-order valence-corrected chi connectivity index (χ2v) is 4.90. The van der Waals surface area contributed by atoms with E-state index in [-0.39, 0.29) is 5.91 Å². The number of carbonyl (C=O) groups excluding carboxylic acids is 2. The number of nitrogens with one attached hydrogen (secondary N) is 1. The first-order chi connectivity index (χ1) is 9.69. The summed E-state index contributed by atoms with van der Waals surface area (Å²) in [4.78, 5) is 22.1. The molecule has 1 fully saturated rings. The maximum absolute atomic E-state index is 11.1. The summed E-state index contributed by atoms with van der Waals surface area (Å²) in [5.41, 5.74) is 2.75. The van der Waals surface area contributed by atoms with Gasteiger partial charge in [-0.05, 0) is 31.0 Å². The fourth-order valence-corrected chi connectivity index (χ4v) is 2.23. The molecule has 6 heteroatoms. The molecular formula is C14H14N4O2. The fourth-order valence-electron chi connectivity index (χ4n) is 2.23. The largest absolute Gasteiger partial charge is 0.326 e. The summed E-state index contributed by atoms with van der Waals surface area (Å²) in [6.45, 7) is 1.46. The summed E-state index contributed by atoms with van der Waals surface area (Å²) in [6.07, 6.45) is 2.86. The van der Waals surface area contributed by atoms with Crippen LogP contribution in [0, 0.1) is 0 Å². The molecule has 1 aromatic heterocycles. The molecule has 1 aromatic carbocycles. The van der Waals surface area contributed by atoms with E-state index < -0.39 is 0 Å². The van der Waals surface area contributed by atoms with E-state index in [0.29, 0.717) is 17.3 Å². The molecule has 1 N–H and O–H groups in total. The molecule has 2 aromatic rings. The van der Waals surface area contributed by atoms with Crippen LogP contribution in [0.1, 0.15) is 41.9 Å². The predicted molar refractivity (Wildman–Crippen MR) is 73.0 cm³/mol. The lowest BCUT2D eigenvalue weighted by Gasteiger charge is -2.08. The molecule has 1 saturated carbocycles. The van der Waals surface area contributed by atoms with Crippen molar-refractivity contribution in [3.63, 3.8) is 0 Å². The lowest BCUT2D eigenvalue weighted by Crippen LogP contribution is -2.07. The Morgan fingerprint density at radius 3 is 2.90 bits per heavy atom. The van der Waals surface area contributed by atoms with Gasteiger partial charge in [-0.2, -0.15) is 0 Å². The zero-order valence-electron chi connectivity index (χ0n) is 11.0. The minimum absolute atomic E-state index is 0.128. The van der Waals surface area contributed by atoms with Crippen molar-refractivity contribution in [1.82, 2.24) is 15.0 Å². The zero-order chi connectivity index (χ0) is 14.1. The van der Waals surface area contributed by atoms with Crippen molar-refractivity contribution in [2.45, 2.75) is 25.7 Å². The number of benzene rings is 1. The zero-order valence-corrected chi connectivity index (χ0v) is 11.0. The molecule has 0 aliphatic heterocycles. The Kier molecular flexibility index (Phi) is 3.06. The molecule has 3 rings (SSSR count). The number of anilines is 1. The summed E-state index contributed by atoms with van der Waals surface area (Å²) >= 11 is 0. The van der Waals surface area contributed by atoms with Gasteiger partial charge in [0.2, 0.25) is 5.91 Å². The van der Waals surface area contributed by atoms with Gasteiger partial charge >= 0.3 is 0 Å². The van der Waals surface area contributed by atoms with Crippen molar-refractivity contribution in [2.24, 2.45) is 0 Å². The Bertz CT molecular complexity index is 674. The number of hydrogen-bond donors (Lipinski definition) is 1. The molecule has 20 heavy (non-hydrogen) atoms. The molecule has 0 atom stereocenters. The van der Waals surface area contributed by atoms with E-state index in [1.54, 1.807) is 10.7 Å². The SMILES string of the molecule is CC(=O)Nc1cccc(-n2nnc(C=O)c2C2CC2)c1. The van der Waals surface area contributed by atoms with E-state index >= 15 is 0 Å². The van der Waals surface area contributed by atoms with Crippen LogP contribution < -0.4 is 5.32 Å². The van der Waals surface area contributed by atoms with Crippen LogP contribution >= 0.6 is 0 Å². The van der Waals surface area contributed by atoms with E-state index in [2.05, 4.69) is 15.6 Å². The first kappa shape index (κ1) is 12.5. The fraction of sp³-hybridized carbons (Fsp3) is 0.286. The van der Waals surface area contributed by atoms with E-state index in [1.165, 1.54) is 6.92 Å². The number of hydrogen-bond acceptors (Lipinski definition) is 4. The van der Waals surface area contributed by atoms with Crippen molar-refractivity contribution in [1.29, 1.82) is 0 Å². The molecule has 0 saturated heterocycles. The Morgan fingerprint density at radius 2 is 2.25 bits per heavy atom. The van der Waals surface area contributed by atoms with Crippen LogP contribution in [-0.2, 0) is 4.79 Å². The van der Waals surface area contributed by atoms with E-state index in [4.69, 9.17) is 0 Å². The molecule has 1 aliphatic rings.